The maximum absolute atomic E-state index is 12.8. The first-order valence-electron chi connectivity index (χ1n) is 4.42. The van der Waals surface area contributed by atoms with Crippen LogP contribution in [0.2, 0.25) is 0 Å². The van der Waals surface area contributed by atoms with Crippen molar-refractivity contribution >= 4 is 11.7 Å². The van der Waals surface area contributed by atoms with Gasteiger partial charge in [0.2, 0.25) is 0 Å². The molecule has 0 aliphatic carbocycles. The zero-order valence-corrected chi connectivity index (χ0v) is 8.37. The molecule has 0 heterocycles. The average molecular weight is 212 g/mol. The second-order valence-corrected chi connectivity index (χ2v) is 3.19. The molecule has 1 rings (SSSR count). The van der Waals surface area contributed by atoms with E-state index in [0.717, 1.165) is 0 Å². The summed E-state index contributed by atoms with van der Waals surface area (Å²) in [4.78, 5) is 11.0. The Hall–Kier alpha value is -1.62. The van der Waals surface area contributed by atoms with E-state index >= 15 is 0 Å². The third kappa shape index (κ3) is 2.92. The highest BCUT2D eigenvalue weighted by molar-refractivity contribution is 5.75. The number of carbonyl (C=O) groups is 1. The lowest BCUT2D eigenvalue weighted by atomic mass is 10.1. The lowest BCUT2D eigenvalue weighted by Crippen LogP contribution is -2.33. The molecule has 5 heteroatoms. The van der Waals surface area contributed by atoms with E-state index in [1.807, 2.05) is 0 Å². The summed E-state index contributed by atoms with van der Waals surface area (Å²) in [5.74, 6) is -0.983. The summed E-state index contributed by atoms with van der Waals surface area (Å²) in [5, 5.41) is 0. The minimum atomic E-state index is -0.750. The summed E-state index contributed by atoms with van der Waals surface area (Å²) in [5.41, 5.74) is 11.7. The fourth-order valence-corrected chi connectivity index (χ4v) is 1.21. The third-order valence-corrected chi connectivity index (χ3v) is 2.02. The predicted molar refractivity (Wildman–Crippen MR) is 54.5 cm³/mol. The van der Waals surface area contributed by atoms with Crippen LogP contribution in [0.25, 0.3) is 0 Å². The smallest absolute Gasteiger partial charge is 0.322 e. The minimum absolute atomic E-state index is 0.0459. The van der Waals surface area contributed by atoms with E-state index in [1.54, 1.807) is 0 Å². The number of halogens is 1. The molecule has 0 amide bonds. The second kappa shape index (κ2) is 4.75. The number of carbonyl (C=O) groups excluding carboxylic acids is 1. The van der Waals surface area contributed by atoms with Crippen LogP contribution < -0.4 is 11.5 Å². The van der Waals surface area contributed by atoms with Crippen molar-refractivity contribution in [2.75, 3.05) is 12.8 Å². The molecule has 0 unspecified atom stereocenters. The molecule has 0 spiro atoms. The standard InChI is InChI=1S/C10H13FN2O2/c1-15-10(14)9(13)5-6-2-3-7(11)8(12)4-6/h2-4,9H,5,12-13H2,1H3/t9-/m1/s1. The second-order valence-electron chi connectivity index (χ2n) is 3.19. The monoisotopic (exact) mass is 212 g/mol. The SMILES string of the molecule is COC(=O)[C@H](N)Cc1ccc(F)c(N)c1. The van der Waals surface area contributed by atoms with Gasteiger partial charge in [0.1, 0.15) is 11.9 Å². The van der Waals surface area contributed by atoms with E-state index in [1.165, 1.54) is 25.3 Å². The Balaban J connectivity index is 2.73. The van der Waals surface area contributed by atoms with Crippen LogP contribution in [0.3, 0.4) is 0 Å². The zero-order chi connectivity index (χ0) is 11.4. The van der Waals surface area contributed by atoms with E-state index in [0.29, 0.717) is 5.56 Å². The van der Waals surface area contributed by atoms with Gasteiger partial charge in [-0.25, -0.2) is 4.39 Å². The molecule has 0 aliphatic rings. The van der Waals surface area contributed by atoms with Gasteiger partial charge < -0.3 is 16.2 Å². The number of ether oxygens (including phenoxy) is 1. The summed E-state index contributed by atoms with van der Waals surface area (Å²) in [6.07, 6.45) is 0.275. The number of hydrogen-bond donors (Lipinski definition) is 2. The highest BCUT2D eigenvalue weighted by Gasteiger charge is 2.14. The maximum Gasteiger partial charge on any atom is 0.322 e. The Labute approximate surface area is 87.0 Å². The quantitative estimate of drug-likeness (QED) is 0.563. The van der Waals surface area contributed by atoms with E-state index in [2.05, 4.69) is 4.74 Å². The highest BCUT2D eigenvalue weighted by Crippen LogP contribution is 2.13. The predicted octanol–water partition coefficient (Wildman–Crippen LogP) is 0.451. The first kappa shape index (κ1) is 11.5. The molecule has 0 bridgehead atoms. The van der Waals surface area contributed by atoms with Crippen LogP contribution in [-0.4, -0.2) is 19.1 Å². The first-order chi connectivity index (χ1) is 7.04. The van der Waals surface area contributed by atoms with Crippen LogP contribution in [0.4, 0.5) is 10.1 Å². The van der Waals surface area contributed by atoms with E-state index in [4.69, 9.17) is 11.5 Å². The minimum Gasteiger partial charge on any atom is -0.468 e. The normalized spacial score (nSPS) is 12.2. The van der Waals surface area contributed by atoms with Crippen LogP contribution in [0, 0.1) is 5.82 Å². The maximum atomic E-state index is 12.8. The number of nitrogens with two attached hydrogens (primary N) is 2. The molecule has 1 aromatic carbocycles. The van der Waals surface area contributed by atoms with Gasteiger partial charge in [0, 0.05) is 0 Å². The molecule has 15 heavy (non-hydrogen) atoms. The number of anilines is 1. The number of benzene rings is 1. The van der Waals surface area contributed by atoms with Gasteiger partial charge in [0.15, 0.2) is 0 Å². The number of esters is 1. The van der Waals surface area contributed by atoms with Crippen molar-refractivity contribution in [3.05, 3.63) is 29.6 Å². The van der Waals surface area contributed by atoms with Gasteiger partial charge >= 0.3 is 5.97 Å². The lowest BCUT2D eigenvalue weighted by molar-refractivity contribution is -0.142. The van der Waals surface area contributed by atoms with Gasteiger partial charge in [-0.15, -0.1) is 0 Å². The van der Waals surface area contributed by atoms with E-state index < -0.39 is 17.8 Å². The number of hydrogen-bond acceptors (Lipinski definition) is 4. The van der Waals surface area contributed by atoms with Gasteiger partial charge in [0.25, 0.3) is 0 Å². The third-order valence-electron chi connectivity index (χ3n) is 2.02. The molecule has 4 nitrogen and oxygen atoms in total. The number of rotatable bonds is 3. The molecule has 1 aromatic rings. The van der Waals surface area contributed by atoms with Crippen LogP contribution in [0.1, 0.15) is 5.56 Å². The lowest BCUT2D eigenvalue weighted by Gasteiger charge is -2.09. The van der Waals surface area contributed by atoms with Gasteiger partial charge in [-0.3, -0.25) is 4.79 Å². The van der Waals surface area contributed by atoms with Crippen LogP contribution in [0.15, 0.2) is 18.2 Å². The average Bonchev–Trinajstić information content (AvgIpc) is 2.22. The number of methoxy groups -OCH3 is 1. The summed E-state index contributed by atoms with van der Waals surface area (Å²) in [6.45, 7) is 0. The van der Waals surface area contributed by atoms with Crippen LogP contribution in [0.5, 0.6) is 0 Å². The van der Waals surface area contributed by atoms with Crippen molar-refractivity contribution in [2.24, 2.45) is 5.73 Å². The van der Waals surface area contributed by atoms with Gasteiger partial charge in [-0.2, -0.15) is 0 Å². The van der Waals surface area contributed by atoms with Crippen molar-refractivity contribution in [1.29, 1.82) is 0 Å². The Kier molecular flexibility index (Phi) is 3.62. The van der Waals surface area contributed by atoms with E-state index in [9.17, 15) is 9.18 Å². The molecule has 0 aliphatic heterocycles. The number of nitrogen functional groups attached to an aromatic ring is 1. The molecule has 0 fully saturated rings. The summed E-state index contributed by atoms with van der Waals surface area (Å²) < 4.78 is 17.3. The van der Waals surface area contributed by atoms with Crippen molar-refractivity contribution in [3.8, 4) is 0 Å². The largest absolute Gasteiger partial charge is 0.468 e. The molecular weight excluding hydrogens is 199 g/mol. The van der Waals surface area contributed by atoms with Crippen molar-refractivity contribution < 1.29 is 13.9 Å². The molecule has 0 radical (unpaired) electrons. The summed E-state index contributed by atoms with van der Waals surface area (Å²) in [6, 6.07) is 3.49. The Morgan fingerprint density at radius 3 is 2.80 bits per heavy atom. The van der Waals surface area contributed by atoms with Crippen molar-refractivity contribution in [2.45, 2.75) is 12.5 Å². The molecule has 0 aromatic heterocycles. The Bertz CT molecular complexity index is 368. The molecule has 0 saturated carbocycles. The molecule has 1 atom stereocenters. The Morgan fingerprint density at radius 1 is 1.60 bits per heavy atom. The first-order valence-corrected chi connectivity index (χ1v) is 4.42. The molecular formula is C10H13FN2O2. The summed E-state index contributed by atoms with van der Waals surface area (Å²) in [7, 11) is 1.27. The fourth-order valence-electron chi connectivity index (χ4n) is 1.21. The van der Waals surface area contributed by atoms with E-state index in [-0.39, 0.29) is 12.1 Å². The van der Waals surface area contributed by atoms with Crippen molar-refractivity contribution in [3.63, 3.8) is 0 Å². The highest BCUT2D eigenvalue weighted by atomic mass is 19.1. The van der Waals surface area contributed by atoms with Gasteiger partial charge in [-0.05, 0) is 24.1 Å². The van der Waals surface area contributed by atoms with Gasteiger partial charge in [0.05, 0.1) is 12.8 Å². The fraction of sp³-hybridized carbons (Fsp3) is 0.300. The van der Waals surface area contributed by atoms with Gasteiger partial charge in [-0.1, -0.05) is 6.07 Å². The Morgan fingerprint density at radius 2 is 2.27 bits per heavy atom. The summed E-state index contributed by atoms with van der Waals surface area (Å²) >= 11 is 0. The van der Waals surface area contributed by atoms with Crippen LogP contribution in [-0.2, 0) is 16.0 Å². The zero-order valence-electron chi connectivity index (χ0n) is 8.37. The van der Waals surface area contributed by atoms with Crippen LogP contribution >= 0.6 is 0 Å². The molecule has 82 valence electrons. The van der Waals surface area contributed by atoms with Crippen molar-refractivity contribution in [1.82, 2.24) is 0 Å². The topological polar surface area (TPSA) is 78.3 Å². The molecule has 0 saturated heterocycles. The molecule has 4 N–H and O–H groups in total.